The van der Waals surface area contributed by atoms with E-state index in [1.165, 1.54) is 12.8 Å². The Labute approximate surface area is 202 Å². The molecule has 6 nitrogen and oxygen atoms in total. The van der Waals surface area contributed by atoms with Gasteiger partial charge in [-0.05, 0) is 68.5 Å². The highest BCUT2D eigenvalue weighted by atomic mass is 19.4. The first-order valence-electron chi connectivity index (χ1n) is 11.9. The Hall–Kier alpha value is -3.49. The van der Waals surface area contributed by atoms with Crippen LogP contribution in [0.2, 0.25) is 0 Å². The average molecular weight is 487 g/mol. The Kier molecular flexibility index (Phi) is 7.94. The summed E-state index contributed by atoms with van der Waals surface area (Å²) >= 11 is 0. The van der Waals surface area contributed by atoms with Gasteiger partial charge in [-0.3, -0.25) is 0 Å². The molecular formula is C26H29F3N4O2. The maximum Gasteiger partial charge on any atom is 0.421 e. The molecule has 0 atom stereocenters. The van der Waals surface area contributed by atoms with Crippen LogP contribution in [-0.4, -0.2) is 22.7 Å². The van der Waals surface area contributed by atoms with Gasteiger partial charge in [0.2, 0.25) is 5.95 Å². The lowest BCUT2D eigenvalue weighted by atomic mass is 10.2. The zero-order valence-electron chi connectivity index (χ0n) is 19.6. The number of benzene rings is 2. The molecule has 0 spiro atoms. The number of nitrogens with one attached hydrogen (secondary N) is 2. The van der Waals surface area contributed by atoms with E-state index in [1.807, 2.05) is 19.1 Å². The highest BCUT2D eigenvalue weighted by molar-refractivity contribution is 5.67. The van der Waals surface area contributed by atoms with Crippen molar-refractivity contribution in [2.45, 2.75) is 57.7 Å². The quantitative estimate of drug-likeness (QED) is 0.290. The van der Waals surface area contributed by atoms with E-state index in [0.717, 1.165) is 37.6 Å². The van der Waals surface area contributed by atoms with E-state index in [9.17, 15) is 13.2 Å². The number of unbranched alkanes of at least 4 members (excludes halogenated alkanes) is 1. The molecule has 0 saturated heterocycles. The largest absolute Gasteiger partial charge is 0.491 e. The summed E-state index contributed by atoms with van der Waals surface area (Å²) in [6.45, 7) is 2.51. The van der Waals surface area contributed by atoms with Gasteiger partial charge in [0.05, 0.1) is 18.4 Å². The van der Waals surface area contributed by atoms with Gasteiger partial charge in [0.25, 0.3) is 0 Å². The van der Waals surface area contributed by atoms with Gasteiger partial charge in [-0.15, -0.1) is 0 Å². The van der Waals surface area contributed by atoms with Gasteiger partial charge >= 0.3 is 6.18 Å². The fraction of sp³-hybridized carbons (Fsp3) is 0.385. The number of aromatic nitrogens is 2. The minimum absolute atomic E-state index is 0.0364. The van der Waals surface area contributed by atoms with Crippen molar-refractivity contribution in [1.82, 2.24) is 9.97 Å². The second-order valence-corrected chi connectivity index (χ2v) is 8.45. The monoisotopic (exact) mass is 486 g/mol. The zero-order valence-corrected chi connectivity index (χ0v) is 19.6. The topological polar surface area (TPSA) is 68.3 Å². The summed E-state index contributed by atoms with van der Waals surface area (Å²) in [5, 5.41) is 5.76. The van der Waals surface area contributed by atoms with E-state index in [1.54, 1.807) is 36.4 Å². The van der Waals surface area contributed by atoms with E-state index in [4.69, 9.17) is 9.47 Å². The van der Waals surface area contributed by atoms with Crippen LogP contribution in [0.25, 0.3) is 0 Å². The van der Waals surface area contributed by atoms with Crippen molar-refractivity contribution in [2.75, 3.05) is 17.2 Å². The smallest absolute Gasteiger partial charge is 0.421 e. The standard InChI is InChI=1S/C26H29F3N4O2/c1-2-3-16-34-23-11-7-6-10-22(23)32-24-21(26(27,28)29)17-30-25(33-24)31-18-12-14-20(15-13-18)35-19-8-4-5-9-19/h6-7,10-15,17,19H,2-5,8-9,16H2,1H3,(H2,30,31,32,33). The maximum absolute atomic E-state index is 13.7. The number of ether oxygens (including phenoxy) is 2. The predicted octanol–water partition coefficient (Wildman–Crippen LogP) is 7.48. The van der Waals surface area contributed by atoms with Crippen LogP contribution in [-0.2, 0) is 6.18 Å². The van der Waals surface area contributed by atoms with Gasteiger partial charge in [-0.2, -0.15) is 18.2 Å². The molecule has 1 aromatic heterocycles. The van der Waals surface area contributed by atoms with E-state index in [0.29, 0.717) is 23.7 Å². The van der Waals surface area contributed by atoms with E-state index < -0.39 is 11.7 Å². The van der Waals surface area contributed by atoms with E-state index >= 15 is 0 Å². The number of para-hydroxylation sites is 2. The van der Waals surface area contributed by atoms with Gasteiger partial charge in [-0.1, -0.05) is 25.5 Å². The molecule has 3 aromatic rings. The Bertz CT molecular complexity index is 1100. The molecule has 1 fully saturated rings. The lowest BCUT2D eigenvalue weighted by Crippen LogP contribution is -2.13. The maximum atomic E-state index is 13.7. The van der Waals surface area contributed by atoms with Crippen molar-refractivity contribution in [3.05, 3.63) is 60.3 Å². The predicted molar refractivity (Wildman–Crippen MR) is 130 cm³/mol. The first-order valence-corrected chi connectivity index (χ1v) is 11.9. The van der Waals surface area contributed by atoms with Crippen molar-refractivity contribution in [3.8, 4) is 11.5 Å². The van der Waals surface area contributed by atoms with Crippen molar-refractivity contribution in [3.63, 3.8) is 0 Å². The molecule has 0 bridgehead atoms. The van der Waals surface area contributed by atoms with Gasteiger partial charge in [-0.25, -0.2) is 4.98 Å². The Morgan fingerprint density at radius 1 is 1.00 bits per heavy atom. The Morgan fingerprint density at radius 3 is 2.46 bits per heavy atom. The van der Waals surface area contributed by atoms with Crippen LogP contribution in [0.3, 0.4) is 0 Å². The summed E-state index contributed by atoms with van der Waals surface area (Å²) in [5.74, 6) is 0.898. The lowest BCUT2D eigenvalue weighted by molar-refractivity contribution is -0.137. The molecule has 1 aliphatic rings. The first kappa shape index (κ1) is 24.6. The fourth-order valence-electron chi connectivity index (χ4n) is 3.84. The van der Waals surface area contributed by atoms with Crippen LogP contribution >= 0.6 is 0 Å². The number of hydrogen-bond acceptors (Lipinski definition) is 6. The first-order chi connectivity index (χ1) is 16.9. The number of nitrogens with zero attached hydrogens (tertiary/aromatic N) is 2. The number of rotatable bonds is 10. The SMILES string of the molecule is CCCCOc1ccccc1Nc1nc(Nc2ccc(OC3CCCC3)cc2)ncc1C(F)(F)F. The summed E-state index contributed by atoms with van der Waals surface area (Å²) in [6, 6.07) is 14.1. The number of alkyl halides is 3. The molecule has 35 heavy (non-hydrogen) atoms. The molecule has 0 radical (unpaired) electrons. The lowest BCUT2D eigenvalue weighted by Gasteiger charge is -2.17. The van der Waals surface area contributed by atoms with Crippen LogP contribution in [0, 0.1) is 0 Å². The fourth-order valence-corrected chi connectivity index (χ4v) is 3.84. The molecule has 1 saturated carbocycles. The van der Waals surface area contributed by atoms with Gasteiger partial charge in [0.15, 0.2) is 0 Å². The van der Waals surface area contributed by atoms with Crippen molar-refractivity contribution >= 4 is 23.1 Å². The van der Waals surface area contributed by atoms with Crippen molar-refractivity contribution in [2.24, 2.45) is 0 Å². The van der Waals surface area contributed by atoms with Crippen LogP contribution in [0.1, 0.15) is 51.0 Å². The molecule has 0 amide bonds. The highest BCUT2D eigenvalue weighted by Gasteiger charge is 2.35. The van der Waals surface area contributed by atoms with E-state index in [2.05, 4.69) is 20.6 Å². The second kappa shape index (κ2) is 11.3. The van der Waals surface area contributed by atoms with Crippen LogP contribution < -0.4 is 20.1 Å². The van der Waals surface area contributed by atoms with Gasteiger partial charge in [0, 0.05) is 11.9 Å². The summed E-state index contributed by atoms with van der Waals surface area (Å²) in [4.78, 5) is 8.02. The Balaban J connectivity index is 1.52. The summed E-state index contributed by atoms with van der Waals surface area (Å²) in [5.41, 5.74) is 0.0664. The number of hydrogen-bond donors (Lipinski definition) is 2. The van der Waals surface area contributed by atoms with Crippen molar-refractivity contribution in [1.29, 1.82) is 0 Å². The molecule has 0 unspecified atom stereocenters. The minimum Gasteiger partial charge on any atom is -0.491 e. The molecule has 2 N–H and O–H groups in total. The highest BCUT2D eigenvalue weighted by Crippen LogP contribution is 2.37. The molecule has 1 heterocycles. The third-order valence-corrected chi connectivity index (χ3v) is 5.71. The summed E-state index contributed by atoms with van der Waals surface area (Å²) in [7, 11) is 0. The zero-order chi connectivity index (χ0) is 24.7. The average Bonchev–Trinajstić information content (AvgIpc) is 3.34. The van der Waals surface area contributed by atoms with E-state index in [-0.39, 0.29) is 17.9 Å². The van der Waals surface area contributed by atoms with Crippen LogP contribution in [0.5, 0.6) is 11.5 Å². The normalized spacial score (nSPS) is 14.1. The Morgan fingerprint density at radius 2 is 1.74 bits per heavy atom. The number of halogens is 3. The van der Waals surface area contributed by atoms with Gasteiger partial charge in [0.1, 0.15) is 22.9 Å². The van der Waals surface area contributed by atoms with Crippen molar-refractivity contribution < 1.29 is 22.6 Å². The summed E-state index contributed by atoms with van der Waals surface area (Å²) < 4.78 is 52.8. The molecule has 186 valence electrons. The number of anilines is 4. The molecule has 9 heteroatoms. The second-order valence-electron chi connectivity index (χ2n) is 8.45. The molecular weight excluding hydrogens is 457 g/mol. The van der Waals surface area contributed by atoms with Crippen LogP contribution in [0.15, 0.2) is 54.7 Å². The summed E-state index contributed by atoms with van der Waals surface area (Å²) in [6.07, 6.45) is 2.66. The minimum atomic E-state index is -4.63. The third kappa shape index (κ3) is 6.77. The molecule has 4 rings (SSSR count). The van der Waals surface area contributed by atoms with Crippen LogP contribution in [0.4, 0.5) is 36.3 Å². The third-order valence-electron chi connectivity index (χ3n) is 5.71. The molecule has 0 aliphatic heterocycles. The molecule has 1 aliphatic carbocycles. The molecule has 2 aromatic carbocycles. The van der Waals surface area contributed by atoms with Gasteiger partial charge < -0.3 is 20.1 Å².